The molecule has 2 saturated carbocycles. The van der Waals surface area contributed by atoms with Gasteiger partial charge in [0, 0.05) is 17.4 Å². The molecule has 5 nitrogen and oxygen atoms in total. The minimum absolute atomic E-state index is 0.118. The van der Waals surface area contributed by atoms with E-state index in [9.17, 15) is 9.59 Å². The summed E-state index contributed by atoms with van der Waals surface area (Å²) in [6.45, 7) is 5.12. The Hall–Kier alpha value is -2.92. The van der Waals surface area contributed by atoms with Gasteiger partial charge in [0.15, 0.2) is 5.60 Å². The number of cyclic esters (lactones) is 1. The van der Waals surface area contributed by atoms with Crippen molar-refractivity contribution in [2.24, 2.45) is 46.2 Å². The second kappa shape index (κ2) is 11.9. The van der Waals surface area contributed by atoms with Crippen molar-refractivity contribution in [3.8, 4) is 0 Å². The molecule has 47 heavy (non-hydrogen) atoms. The van der Waals surface area contributed by atoms with Crippen LogP contribution in [-0.4, -0.2) is 18.5 Å². The van der Waals surface area contributed by atoms with Crippen LogP contribution in [0, 0.1) is 40.4 Å². The number of carbonyl (C=O) groups is 2. The molecule has 1 saturated heterocycles. The molecule has 0 aromatic heterocycles. The fraction of sp³-hybridized carbons (Fsp3) is 0.619. The van der Waals surface area contributed by atoms with Crippen molar-refractivity contribution in [2.45, 2.75) is 116 Å². The summed E-state index contributed by atoms with van der Waals surface area (Å²) in [5.41, 5.74) is 8.71. The van der Waals surface area contributed by atoms with Crippen molar-refractivity contribution in [1.29, 1.82) is 0 Å². The van der Waals surface area contributed by atoms with E-state index in [0.29, 0.717) is 29.9 Å². The molecule has 250 valence electrons. The second-order valence-corrected chi connectivity index (χ2v) is 15.8. The van der Waals surface area contributed by atoms with E-state index in [1.807, 2.05) is 0 Å². The van der Waals surface area contributed by atoms with Gasteiger partial charge in [-0.2, -0.15) is 0 Å². The van der Waals surface area contributed by atoms with Crippen LogP contribution in [0.25, 0.3) is 0 Å². The molecule has 5 heteroatoms. The summed E-state index contributed by atoms with van der Waals surface area (Å²) in [5, 5.41) is 0. The first-order valence-electron chi connectivity index (χ1n) is 19.0. The SMILES string of the molecule is CCC[C@H]1[C@@]23C(=O)O/C(=C\CCCC4CCCCC4)[C@@]2(CCC2=C3C=C[C@@H]3[C@@H](C)CC=C[C@@H]23)[C@]12OC(=O)c1c(CCCN)cccc12. The average molecular weight is 636 g/mol. The van der Waals surface area contributed by atoms with Crippen molar-refractivity contribution in [1.82, 2.24) is 0 Å². The molecule has 1 aromatic carbocycles. The lowest BCUT2D eigenvalue weighted by atomic mass is 9.29. The van der Waals surface area contributed by atoms with Crippen LogP contribution in [0.2, 0.25) is 0 Å². The predicted molar refractivity (Wildman–Crippen MR) is 184 cm³/mol. The van der Waals surface area contributed by atoms with Crippen LogP contribution in [0.3, 0.4) is 0 Å². The van der Waals surface area contributed by atoms with Crippen LogP contribution in [0.15, 0.2) is 65.5 Å². The van der Waals surface area contributed by atoms with Crippen LogP contribution in [0.5, 0.6) is 0 Å². The number of nitrogens with two attached hydrogens (primary N) is 1. The van der Waals surface area contributed by atoms with Crippen LogP contribution < -0.4 is 5.73 Å². The van der Waals surface area contributed by atoms with Gasteiger partial charge in [-0.1, -0.05) is 107 Å². The predicted octanol–water partition coefficient (Wildman–Crippen LogP) is 9.03. The summed E-state index contributed by atoms with van der Waals surface area (Å²) >= 11 is 0. The number of aryl methyl sites for hydroxylation is 1. The van der Waals surface area contributed by atoms with Gasteiger partial charge in [-0.05, 0) is 92.9 Å². The Morgan fingerprint density at radius 1 is 1.06 bits per heavy atom. The fourth-order valence-corrected chi connectivity index (χ4v) is 11.9. The molecule has 0 unspecified atom stereocenters. The van der Waals surface area contributed by atoms with Crippen LogP contribution in [0.4, 0.5) is 0 Å². The van der Waals surface area contributed by atoms with Gasteiger partial charge in [0.05, 0.1) is 11.0 Å². The lowest BCUT2D eigenvalue weighted by molar-refractivity contribution is -0.275. The minimum Gasteiger partial charge on any atom is -0.449 e. The van der Waals surface area contributed by atoms with E-state index >= 15 is 0 Å². The van der Waals surface area contributed by atoms with Gasteiger partial charge < -0.3 is 15.2 Å². The van der Waals surface area contributed by atoms with E-state index in [0.717, 1.165) is 80.6 Å². The molecule has 2 heterocycles. The summed E-state index contributed by atoms with van der Waals surface area (Å²) in [5.74, 6) is 2.41. The number of fused-ring (bicyclic) bond motifs is 4. The van der Waals surface area contributed by atoms with Crippen molar-refractivity contribution < 1.29 is 19.1 Å². The molecule has 3 fully saturated rings. The topological polar surface area (TPSA) is 78.6 Å². The van der Waals surface area contributed by atoms with Crippen LogP contribution in [0.1, 0.15) is 125 Å². The Morgan fingerprint density at radius 3 is 2.72 bits per heavy atom. The van der Waals surface area contributed by atoms with E-state index in [1.54, 1.807) is 0 Å². The molecule has 7 aliphatic rings. The van der Waals surface area contributed by atoms with Gasteiger partial charge >= 0.3 is 11.9 Å². The van der Waals surface area contributed by atoms with Gasteiger partial charge in [-0.15, -0.1) is 0 Å². The summed E-state index contributed by atoms with van der Waals surface area (Å²) in [6.07, 6.45) is 27.7. The molecule has 5 aliphatic carbocycles. The number of ether oxygens (including phenoxy) is 2. The second-order valence-electron chi connectivity index (χ2n) is 15.8. The summed E-state index contributed by atoms with van der Waals surface area (Å²) in [4.78, 5) is 29.0. The number of unbranched alkanes of at least 4 members (excludes halogenated alkanes) is 1. The van der Waals surface area contributed by atoms with Gasteiger partial charge in [-0.25, -0.2) is 4.79 Å². The van der Waals surface area contributed by atoms with Crippen molar-refractivity contribution in [3.63, 3.8) is 0 Å². The fourth-order valence-electron chi connectivity index (χ4n) is 11.9. The summed E-state index contributed by atoms with van der Waals surface area (Å²) in [6, 6.07) is 6.28. The summed E-state index contributed by atoms with van der Waals surface area (Å²) < 4.78 is 13.5. The van der Waals surface area contributed by atoms with Gasteiger partial charge in [0.1, 0.15) is 11.2 Å². The molecular weight excluding hydrogens is 582 g/mol. The molecule has 7 atom stereocenters. The third kappa shape index (κ3) is 4.10. The quantitative estimate of drug-likeness (QED) is 0.166. The van der Waals surface area contributed by atoms with Crippen LogP contribution in [-0.2, 0) is 26.3 Å². The first-order valence-corrected chi connectivity index (χ1v) is 19.0. The van der Waals surface area contributed by atoms with Crippen LogP contribution >= 0.6 is 0 Å². The lowest BCUT2D eigenvalue weighted by Crippen LogP contribution is -2.76. The molecule has 8 rings (SSSR count). The Bertz CT molecular complexity index is 1580. The Kier molecular flexibility index (Phi) is 7.94. The molecule has 1 spiro atoms. The number of benzene rings is 1. The van der Waals surface area contributed by atoms with E-state index in [1.165, 1.54) is 49.7 Å². The highest BCUT2D eigenvalue weighted by molar-refractivity contribution is 6.00. The highest BCUT2D eigenvalue weighted by Crippen LogP contribution is 2.86. The van der Waals surface area contributed by atoms with Gasteiger partial charge in [-0.3, -0.25) is 4.79 Å². The van der Waals surface area contributed by atoms with E-state index < -0.39 is 16.4 Å². The number of allylic oxidation sites excluding steroid dienone is 6. The van der Waals surface area contributed by atoms with E-state index in [2.05, 4.69) is 62.4 Å². The Morgan fingerprint density at radius 2 is 1.91 bits per heavy atom. The van der Waals surface area contributed by atoms with Gasteiger partial charge in [0.25, 0.3) is 0 Å². The number of esters is 2. The first-order chi connectivity index (χ1) is 23.0. The zero-order chi connectivity index (χ0) is 32.4. The van der Waals surface area contributed by atoms with Crippen molar-refractivity contribution >= 4 is 11.9 Å². The Balaban J connectivity index is 1.28. The maximum Gasteiger partial charge on any atom is 0.339 e. The number of hydrogen-bond acceptors (Lipinski definition) is 5. The number of rotatable bonds is 9. The molecule has 2 aliphatic heterocycles. The number of hydrogen-bond donors (Lipinski definition) is 1. The molecule has 2 N–H and O–H groups in total. The van der Waals surface area contributed by atoms with E-state index in [4.69, 9.17) is 15.2 Å². The van der Waals surface area contributed by atoms with Crippen molar-refractivity contribution in [2.75, 3.05) is 6.54 Å². The van der Waals surface area contributed by atoms with Crippen molar-refractivity contribution in [3.05, 3.63) is 82.2 Å². The lowest BCUT2D eigenvalue weighted by Gasteiger charge is -2.71. The smallest absolute Gasteiger partial charge is 0.339 e. The largest absolute Gasteiger partial charge is 0.449 e. The molecule has 0 bridgehead atoms. The van der Waals surface area contributed by atoms with Gasteiger partial charge in [0.2, 0.25) is 0 Å². The molecule has 1 aromatic rings. The highest BCUT2D eigenvalue weighted by Gasteiger charge is 2.92. The number of carbonyl (C=O) groups excluding carboxylic acids is 2. The third-order valence-electron chi connectivity index (χ3n) is 13.7. The normalized spacial score (nSPS) is 37.6. The standard InChI is InChI=1S/C42H53NO4/c1-3-12-35-41-33-23-22-30-27(2)13-9-19-31(30)32(33)24-25-40(41,36(46-39(41)45)21-8-7-16-28-14-5-4-6-15-28)42(35)34-20-10-17-29(18-11-26-43)37(34)38(44)47-42/h9-10,17,19-23,27-28,30-31,35H,3-8,11-16,18,24-26,43H2,1-2H3/b36-21-/t27-,30+,31+,35-,40+,41-,42+/m0/s1. The zero-order valence-corrected chi connectivity index (χ0v) is 28.5. The molecule has 0 radical (unpaired) electrons. The summed E-state index contributed by atoms with van der Waals surface area (Å²) in [7, 11) is 0. The zero-order valence-electron chi connectivity index (χ0n) is 28.5. The average Bonchev–Trinajstić information content (AvgIpc) is 3.54. The molecule has 0 amide bonds. The highest BCUT2D eigenvalue weighted by atomic mass is 16.6. The van der Waals surface area contributed by atoms with E-state index in [-0.39, 0.29) is 17.9 Å². The monoisotopic (exact) mass is 635 g/mol. The third-order valence-corrected chi connectivity index (χ3v) is 13.7. The maximum absolute atomic E-state index is 14.9. The molecular formula is C42H53NO4. The minimum atomic E-state index is -0.922. The maximum atomic E-state index is 14.9. The Labute approximate surface area is 281 Å². The first kappa shape index (κ1) is 31.4.